The van der Waals surface area contributed by atoms with Gasteiger partial charge in [0.2, 0.25) is 0 Å². The second-order valence-electron chi connectivity index (χ2n) is 6.59. The molecule has 0 saturated heterocycles. The molecule has 1 heterocycles. The van der Waals surface area contributed by atoms with Gasteiger partial charge in [-0.3, -0.25) is 9.59 Å². The number of nitrogens with two attached hydrogens (primary N) is 1. The average molecular weight is 381 g/mol. The van der Waals surface area contributed by atoms with Crippen molar-refractivity contribution < 1.29 is 22.7 Å². The molecule has 0 spiro atoms. The molecule has 0 aromatic heterocycles. The number of carbonyl (C=O) groups excluding carboxylic acids is 2. The fourth-order valence-corrected chi connectivity index (χ4v) is 5.15. The molecule has 2 amide bonds. The molecule has 0 bridgehead atoms. The van der Waals surface area contributed by atoms with Gasteiger partial charge in [0.25, 0.3) is 21.8 Å². The van der Waals surface area contributed by atoms with E-state index in [0.717, 1.165) is 23.6 Å². The van der Waals surface area contributed by atoms with E-state index in [1.807, 2.05) is 0 Å². The van der Waals surface area contributed by atoms with Crippen LogP contribution in [0.2, 0.25) is 0 Å². The molecular weight excluding hydrogens is 358 g/mol. The normalized spacial score (nSPS) is 23.9. The zero-order chi connectivity index (χ0) is 18.9. The molecular formula is C17H23N3O5S. The number of benzene rings is 1. The molecule has 1 aromatic carbocycles. The van der Waals surface area contributed by atoms with Crippen molar-refractivity contribution >= 4 is 21.8 Å². The number of fused-ring (bicyclic) bond motifs is 1. The minimum atomic E-state index is -3.96. The van der Waals surface area contributed by atoms with E-state index in [-0.39, 0.29) is 47.0 Å². The summed E-state index contributed by atoms with van der Waals surface area (Å²) in [6, 6.07) is 4.15. The van der Waals surface area contributed by atoms with Crippen LogP contribution in [0.5, 0.6) is 0 Å². The average Bonchev–Trinajstić information content (AvgIpc) is 3.14. The van der Waals surface area contributed by atoms with Gasteiger partial charge >= 0.3 is 0 Å². The maximum Gasteiger partial charge on any atom is 0.269 e. The molecule has 142 valence electrons. The van der Waals surface area contributed by atoms with E-state index in [9.17, 15) is 18.0 Å². The highest BCUT2D eigenvalue weighted by Gasteiger charge is 2.41. The van der Waals surface area contributed by atoms with Crippen molar-refractivity contribution in [3.63, 3.8) is 0 Å². The van der Waals surface area contributed by atoms with Gasteiger partial charge in [0, 0.05) is 18.7 Å². The summed E-state index contributed by atoms with van der Waals surface area (Å²) in [5.74, 6) is -0.706. The lowest BCUT2D eigenvalue weighted by Gasteiger charge is -2.19. The zero-order valence-corrected chi connectivity index (χ0v) is 15.4. The van der Waals surface area contributed by atoms with Crippen LogP contribution in [0.25, 0.3) is 0 Å². The Morgan fingerprint density at radius 1 is 1.38 bits per heavy atom. The molecule has 26 heavy (non-hydrogen) atoms. The van der Waals surface area contributed by atoms with E-state index in [0.29, 0.717) is 6.54 Å². The summed E-state index contributed by atoms with van der Waals surface area (Å²) in [5.41, 5.74) is 6.04. The van der Waals surface area contributed by atoms with Crippen molar-refractivity contribution in [1.29, 1.82) is 0 Å². The number of methoxy groups -OCH3 is 1. The minimum Gasteiger partial charge on any atom is -0.383 e. The lowest BCUT2D eigenvalue weighted by molar-refractivity contribution is 0.0835. The van der Waals surface area contributed by atoms with Crippen molar-refractivity contribution in [1.82, 2.24) is 9.62 Å². The summed E-state index contributed by atoms with van der Waals surface area (Å²) in [6.07, 6.45) is 2.84. The number of nitrogens with one attached hydrogen (secondary N) is 1. The van der Waals surface area contributed by atoms with Gasteiger partial charge in [-0.1, -0.05) is 6.42 Å². The Labute approximate surface area is 152 Å². The second-order valence-corrected chi connectivity index (χ2v) is 8.42. The summed E-state index contributed by atoms with van der Waals surface area (Å²) in [7, 11) is -2.53. The molecule has 8 nitrogen and oxygen atoms in total. The molecule has 1 saturated carbocycles. The highest BCUT2D eigenvalue weighted by molar-refractivity contribution is 7.90. The first-order valence-corrected chi connectivity index (χ1v) is 10.0. The standard InChI is InChI=1S/C17H23N3O5S/c1-25-8-7-20-17(22)13-6-5-11(9-15(13)26(20,23)24)16(21)19-14-4-2-3-12(14)10-18/h5-6,9,12,14H,2-4,7-8,10,18H2,1H3,(H,19,21). The molecule has 2 unspecified atom stereocenters. The summed E-state index contributed by atoms with van der Waals surface area (Å²) < 4.78 is 30.9. The number of amides is 2. The van der Waals surface area contributed by atoms with Crippen molar-refractivity contribution in [3.05, 3.63) is 29.3 Å². The van der Waals surface area contributed by atoms with Crippen molar-refractivity contribution in [2.45, 2.75) is 30.2 Å². The van der Waals surface area contributed by atoms with Crippen molar-refractivity contribution in [3.8, 4) is 0 Å². The van der Waals surface area contributed by atoms with Crippen LogP contribution in [0.15, 0.2) is 23.1 Å². The molecule has 9 heteroatoms. The summed E-state index contributed by atoms with van der Waals surface area (Å²) in [5, 5.41) is 2.94. The maximum atomic E-state index is 12.6. The predicted octanol–water partition coefficient (Wildman–Crippen LogP) is 0.335. The lowest BCUT2D eigenvalue weighted by atomic mass is 10.0. The lowest BCUT2D eigenvalue weighted by Crippen LogP contribution is -2.39. The van der Waals surface area contributed by atoms with E-state index in [4.69, 9.17) is 10.5 Å². The van der Waals surface area contributed by atoms with Crippen molar-refractivity contribution in [2.75, 3.05) is 26.8 Å². The van der Waals surface area contributed by atoms with E-state index in [1.54, 1.807) is 0 Å². The number of hydrogen-bond donors (Lipinski definition) is 2. The largest absolute Gasteiger partial charge is 0.383 e. The van der Waals surface area contributed by atoms with Gasteiger partial charge in [-0.2, -0.15) is 0 Å². The predicted molar refractivity (Wildman–Crippen MR) is 94.2 cm³/mol. The quantitative estimate of drug-likeness (QED) is 0.733. The van der Waals surface area contributed by atoms with Gasteiger partial charge < -0.3 is 15.8 Å². The number of carbonyl (C=O) groups is 2. The smallest absolute Gasteiger partial charge is 0.269 e. The first-order chi connectivity index (χ1) is 12.4. The molecule has 1 aromatic rings. The fourth-order valence-electron chi connectivity index (χ4n) is 3.57. The first-order valence-electron chi connectivity index (χ1n) is 8.61. The van der Waals surface area contributed by atoms with Gasteiger partial charge in [0.05, 0.1) is 18.7 Å². The summed E-state index contributed by atoms with van der Waals surface area (Å²) in [6.45, 7) is 0.551. The van der Waals surface area contributed by atoms with Gasteiger partial charge in [0.1, 0.15) is 4.90 Å². The number of ether oxygens (including phenoxy) is 1. The molecule has 2 aliphatic rings. The number of sulfonamides is 1. The number of rotatable bonds is 6. The summed E-state index contributed by atoms with van der Waals surface area (Å²) in [4.78, 5) is 24.7. The Bertz CT molecular complexity index is 824. The van der Waals surface area contributed by atoms with Crippen LogP contribution < -0.4 is 11.1 Å². The minimum absolute atomic E-state index is 0.00260. The van der Waals surface area contributed by atoms with Gasteiger partial charge in [-0.05, 0) is 43.5 Å². The van der Waals surface area contributed by atoms with Crippen LogP contribution in [-0.4, -0.2) is 57.4 Å². The third-order valence-corrected chi connectivity index (χ3v) is 6.87. The van der Waals surface area contributed by atoms with Gasteiger partial charge in [0.15, 0.2) is 0 Å². The zero-order valence-electron chi connectivity index (χ0n) is 14.6. The van der Waals surface area contributed by atoms with Crippen molar-refractivity contribution in [2.24, 2.45) is 11.7 Å². The highest BCUT2D eigenvalue weighted by Crippen LogP contribution is 2.31. The topological polar surface area (TPSA) is 119 Å². The van der Waals surface area contributed by atoms with Crippen LogP contribution in [0.4, 0.5) is 0 Å². The van der Waals surface area contributed by atoms with Gasteiger partial charge in [-0.25, -0.2) is 12.7 Å². The van der Waals surface area contributed by atoms with Crippen LogP contribution in [0.1, 0.15) is 40.0 Å². The van der Waals surface area contributed by atoms with Crippen LogP contribution in [0, 0.1) is 5.92 Å². The number of nitrogens with zero attached hydrogens (tertiary/aromatic N) is 1. The third-order valence-electron chi connectivity index (χ3n) is 5.05. The molecule has 1 aliphatic heterocycles. The number of hydrogen-bond acceptors (Lipinski definition) is 6. The Balaban J connectivity index is 1.84. The molecule has 0 radical (unpaired) electrons. The second kappa shape index (κ2) is 7.34. The SMILES string of the molecule is COCCN1C(=O)c2ccc(C(=O)NC3CCCC3CN)cc2S1(=O)=O. The highest BCUT2D eigenvalue weighted by atomic mass is 32.2. The van der Waals surface area contributed by atoms with Crippen LogP contribution >= 0.6 is 0 Å². The van der Waals surface area contributed by atoms with E-state index >= 15 is 0 Å². The van der Waals surface area contributed by atoms with Gasteiger partial charge in [-0.15, -0.1) is 0 Å². The Hall–Kier alpha value is -1.97. The molecule has 2 atom stereocenters. The Morgan fingerprint density at radius 3 is 2.85 bits per heavy atom. The monoisotopic (exact) mass is 381 g/mol. The van der Waals surface area contributed by atoms with E-state index in [1.165, 1.54) is 25.3 Å². The molecule has 3 rings (SSSR count). The third kappa shape index (κ3) is 3.22. The molecule has 1 aliphatic carbocycles. The van der Waals surface area contributed by atoms with Crippen LogP contribution in [-0.2, 0) is 14.8 Å². The molecule has 3 N–H and O–H groups in total. The fraction of sp³-hybridized carbons (Fsp3) is 0.529. The molecule has 1 fully saturated rings. The van der Waals surface area contributed by atoms with E-state index < -0.39 is 15.9 Å². The maximum absolute atomic E-state index is 12.6. The summed E-state index contributed by atoms with van der Waals surface area (Å²) >= 11 is 0. The first kappa shape index (κ1) is 18.8. The Morgan fingerprint density at radius 2 is 2.15 bits per heavy atom. The van der Waals surface area contributed by atoms with Crippen LogP contribution in [0.3, 0.4) is 0 Å². The Kier molecular flexibility index (Phi) is 5.31. The van der Waals surface area contributed by atoms with E-state index in [2.05, 4.69) is 5.32 Å².